The first kappa shape index (κ1) is 25.5. The lowest BCUT2D eigenvalue weighted by atomic mass is 9.93. The van der Waals surface area contributed by atoms with Crippen molar-refractivity contribution in [3.63, 3.8) is 0 Å². The third-order valence-electron chi connectivity index (χ3n) is 5.62. The van der Waals surface area contributed by atoms with Gasteiger partial charge in [-0.25, -0.2) is 9.18 Å². The average Bonchev–Trinajstić information content (AvgIpc) is 2.82. The molecular formula is C28H27FO6. The second-order valence-corrected chi connectivity index (χ2v) is 8.26. The number of hydrogen-bond acceptors (Lipinski definition) is 5. The van der Waals surface area contributed by atoms with E-state index in [4.69, 9.17) is 9.47 Å². The number of ketones is 1. The van der Waals surface area contributed by atoms with Crippen LogP contribution in [0, 0.1) is 5.82 Å². The quantitative estimate of drug-likeness (QED) is 0.296. The van der Waals surface area contributed by atoms with Gasteiger partial charge in [0.25, 0.3) is 0 Å². The fraction of sp³-hybridized carbons (Fsp3) is 0.214. The Hall–Kier alpha value is -4.13. The zero-order valence-corrected chi connectivity index (χ0v) is 20.0. The third kappa shape index (κ3) is 5.69. The van der Waals surface area contributed by atoms with Gasteiger partial charge in [-0.2, -0.15) is 0 Å². The van der Waals surface area contributed by atoms with Gasteiger partial charge in [0, 0.05) is 29.2 Å². The molecule has 0 saturated carbocycles. The Morgan fingerprint density at radius 3 is 2.37 bits per heavy atom. The maximum absolute atomic E-state index is 14.5. The molecule has 0 heterocycles. The standard InChI is InChI=1S/C28H27FO6/c1-16(2)8-10-22-25(35-4)14-19(26(27(22)31)28(32)33)13-24(30)18-7-5-6-17(12-18)21-11-9-20(34-3)15-23(21)29/h5-9,11-12,14-15,31H,10,13H2,1-4H3,(H,32,33). The molecule has 0 radical (unpaired) electrons. The predicted molar refractivity (Wildman–Crippen MR) is 131 cm³/mol. The van der Waals surface area contributed by atoms with Crippen LogP contribution in [0.3, 0.4) is 0 Å². The summed E-state index contributed by atoms with van der Waals surface area (Å²) in [5.41, 5.74) is 2.19. The number of carboxylic acids is 1. The van der Waals surface area contributed by atoms with Gasteiger partial charge in [0.05, 0.1) is 14.2 Å². The first-order valence-electron chi connectivity index (χ1n) is 10.9. The van der Waals surface area contributed by atoms with E-state index in [1.54, 1.807) is 36.4 Å². The SMILES string of the molecule is COc1ccc(-c2cccc(C(=O)Cc3cc(OC)c(CC=C(C)C)c(O)c3C(=O)O)c2)c(F)c1. The molecule has 0 aliphatic rings. The van der Waals surface area contributed by atoms with Crippen LogP contribution in [0.2, 0.25) is 0 Å². The highest BCUT2D eigenvalue weighted by Crippen LogP contribution is 2.36. The van der Waals surface area contributed by atoms with Crippen LogP contribution in [0.15, 0.2) is 60.2 Å². The van der Waals surface area contributed by atoms with Crippen molar-refractivity contribution < 1.29 is 33.7 Å². The minimum Gasteiger partial charge on any atom is -0.507 e. The molecule has 3 aromatic carbocycles. The fourth-order valence-electron chi connectivity index (χ4n) is 3.79. The molecule has 0 amide bonds. The van der Waals surface area contributed by atoms with Gasteiger partial charge >= 0.3 is 5.97 Å². The van der Waals surface area contributed by atoms with Crippen LogP contribution in [0.5, 0.6) is 17.2 Å². The van der Waals surface area contributed by atoms with E-state index in [1.807, 2.05) is 19.9 Å². The monoisotopic (exact) mass is 478 g/mol. The number of aromatic carboxylic acids is 1. The van der Waals surface area contributed by atoms with E-state index in [9.17, 15) is 24.2 Å². The average molecular weight is 479 g/mol. The lowest BCUT2D eigenvalue weighted by Crippen LogP contribution is -2.11. The van der Waals surface area contributed by atoms with Crippen molar-refractivity contribution in [2.45, 2.75) is 26.7 Å². The van der Waals surface area contributed by atoms with Crippen molar-refractivity contribution in [1.29, 1.82) is 0 Å². The summed E-state index contributed by atoms with van der Waals surface area (Å²) in [6, 6.07) is 12.4. The maximum atomic E-state index is 14.5. The van der Waals surface area contributed by atoms with Gasteiger partial charge in [0.2, 0.25) is 0 Å². The smallest absolute Gasteiger partial charge is 0.339 e. The summed E-state index contributed by atoms with van der Waals surface area (Å²) in [6.07, 6.45) is 1.84. The molecule has 35 heavy (non-hydrogen) atoms. The van der Waals surface area contributed by atoms with Gasteiger partial charge in [-0.3, -0.25) is 4.79 Å². The van der Waals surface area contributed by atoms with Crippen LogP contribution < -0.4 is 9.47 Å². The summed E-state index contributed by atoms with van der Waals surface area (Å²) in [7, 11) is 2.86. The second-order valence-electron chi connectivity index (χ2n) is 8.26. The predicted octanol–water partition coefficient (Wildman–Crippen LogP) is 5.85. The number of carbonyl (C=O) groups excluding carboxylic acids is 1. The highest BCUT2D eigenvalue weighted by atomic mass is 19.1. The molecule has 6 nitrogen and oxygen atoms in total. The van der Waals surface area contributed by atoms with Gasteiger partial charge in [-0.05, 0) is 55.7 Å². The first-order valence-corrected chi connectivity index (χ1v) is 10.9. The van der Waals surface area contributed by atoms with Crippen molar-refractivity contribution >= 4 is 11.8 Å². The number of aromatic hydroxyl groups is 1. The van der Waals surface area contributed by atoms with Crippen molar-refractivity contribution in [2.24, 2.45) is 0 Å². The molecule has 182 valence electrons. The van der Waals surface area contributed by atoms with Crippen LogP contribution in [0.1, 0.15) is 45.7 Å². The van der Waals surface area contributed by atoms with E-state index < -0.39 is 17.5 Å². The van der Waals surface area contributed by atoms with Gasteiger partial charge in [0.1, 0.15) is 28.6 Å². The summed E-state index contributed by atoms with van der Waals surface area (Å²) in [6.45, 7) is 3.78. The van der Waals surface area contributed by atoms with E-state index in [-0.39, 0.29) is 35.3 Å². The summed E-state index contributed by atoms with van der Waals surface area (Å²) in [5, 5.41) is 20.5. The number of carbonyl (C=O) groups is 2. The molecule has 0 unspecified atom stereocenters. The topological polar surface area (TPSA) is 93.1 Å². The maximum Gasteiger partial charge on any atom is 0.339 e. The molecule has 0 aliphatic carbocycles. The number of Topliss-reactive ketones (excluding diaryl/α,β-unsaturated/α-hetero) is 1. The minimum atomic E-state index is -1.35. The molecule has 0 saturated heterocycles. The van der Waals surface area contributed by atoms with Crippen molar-refractivity contribution in [3.8, 4) is 28.4 Å². The second kappa shape index (κ2) is 10.9. The molecule has 0 aliphatic heterocycles. The van der Waals surface area contributed by atoms with Crippen LogP contribution >= 0.6 is 0 Å². The zero-order valence-electron chi connectivity index (χ0n) is 20.0. The van der Waals surface area contributed by atoms with Gasteiger partial charge in [-0.1, -0.05) is 29.8 Å². The van der Waals surface area contributed by atoms with Crippen molar-refractivity contribution in [3.05, 3.63) is 88.3 Å². The summed E-state index contributed by atoms with van der Waals surface area (Å²) in [5.74, 6) is -1.99. The van der Waals surface area contributed by atoms with Crippen molar-refractivity contribution in [1.82, 2.24) is 0 Å². The highest BCUT2D eigenvalue weighted by Gasteiger charge is 2.24. The number of allylic oxidation sites excluding steroid dienone is 2. The van der Waals surface area contributed by atoms with E-state index >= 15 is 0 Å². The minimum absolute atomic E-state index is 0.124. The Kier molecular flexibility index (Phi) is 7.91. The Labute approximate surface area is 203 Å². The Balaban J connectivity index is 1.99. The summed E-state index contributed by atoms with van der Waals surface area (Å²) >= 11 is 0. The van der Waals surface area contributed by atoms with Crippen LogP contribution in [0.4, 0.5) is 4.39 Å². The summed E-state index contributed by atoms with van der Waals surface area (Å²) in [4.78, 5) is 25.1. The largest absolute Gasteiger partial charge is 0.507 e. The number of carboxylic acid groups (broad SMARTS) is 1. The van der Waals surface area contributed by atoms with Crippen LogP contribution in [0.25, 0.3) is 11.1 Å². The molecule has 0 spiro atoms. The molecule has 0 atom stereocenters. The number of benzene rings is 3. The molecule has 3 rings (SSSR count). The lowest BCUT2D eigenvalue weighted by molar-refractivity contribution is 0.0692. The fourth-order valence-corrected chi connectivity index (χ4v) is 3.79. The van der Waals surface area contributed by atoms with Gasteiger partial charge in [-0.15, -0.1) is 0 Å². The number of halogens is 1. The normalized spacial score (nSPS) is 10.5. The van der Waals surface area contributed by atoms with Crippen LogP contribution in [-0.2, 0) is 12.8 Å². The van der Waals surface area contributed by atoms with E-state index in [0.29, 0.717) is 28.2 Å². The number of methoxy groups -OCH3 is 2. The summed E-state index contributed by atoms with van der Waals surface area (Å²) < 4.78 is 25.0. The Morgan fingerprint density at radius 1 is 1.03 bits per heavy atom. The molecule has 2 N–H and O–H groups in total. The molecular weight excluding hydrogens is 451 g/mol. The number of rotatable bonds is 9. The van der Waals surface area contributed by atoms with E-state index in [0.717, 1.165) is 5.57 Å². The Morgan fingerprint density at radius 2 is 1.77 bits per heavy atom. The molecule has 3 aromatic rings. The lowest BCUT2D eigenvalue weighted by Gasteiger charge is -2.16. The van der Waals surface area contributed by atoms with Gasteiger partial charge in [0.15, 0.2) is 5.78 Å². The van der Waals surface area contributed by atoms with E-state index in [2.05, 4.69) is 0 Å². The molecule has 0 fully saturated rings. The highest BCUT2D eigenvalue weighted by molar-refractivity contribution is 6.01. The zero-order chi connectivity index (χ0) is 25.7. The number of ether oxygens (including phenoxy) is 2. The van der Waals surface area contributed by atoms with E-state index in [1.165, 1.54) is 26.4 Å². The number of hydrogen-bond donors (Lipinski definition) is 2. The third-order valence-corrected chi connectivity index (χ3v) is 5.62. The number of phenols is 1. The van der Waals surface area contributed by atoms with Crippen LogP contribution in [-0.4, -0.2) is 36.2 Å². The van der Waals surface area contributed by atoms with Gasteiger partial charge < -0.3 is 19.7 Å². The molecule has 7 heteroatoms. The molecule has 0 aromatic heterocycles. The van der Waals surface area contributed by atoms with Crippen molar-refractivity contribution in [2.75, 3.05) is 14.2 Å². The molecule has 0 bridgehead atoms. The Bertz CT molecular complexity index is 1310. The first-order chi connectivity index (χ1) is 16.7.